The molecule has 168 valence electrons. The zero-order valence-electron chi connectivity index (χ0n) is 18.3. The van der Waals surface area contributed by atoms with Crippen molar-refractivity contribution in [3.8, 4) is 5.75 Å². The zero-order chi connectivity index (χ0) is 23.0. The number of carbonyl (C=O) groups is 3. The number of ether oxygens (including phenoxy) is 3. The number of hydrogen-bond acceptors (Lipinski definition) is 6. The Bertz CT molecular complexity index is 950. The molecule has 0 aliphatic rings. The minimum atomic E-state index is -0.593. The maximum Gasteiger partial charge on any atom is 0.306 e. The molecule has 2 aromatic rings. The molecule has 31 heavy (non-hydrogen) atoms. The summed E-state index contributed by atoms with van der Waals surface area (Å²) in [4.78, 5) is 37.1. The van der Waals surface area contributed by atoms with Crippen LogP contribution in [0.4, 0.5) is 0 Å². The molecule has 0 aliphatic heterocycles. The first-order chi connectivity index (χ1) is 14.8. The van der Waals surface area contributed by atoms with Crippen molar-refractivity contribution in [2.24, 2.45) is 0 Å². The van der Waals surface area contributed by atoms with E-state index in [-0.39, 0.29) is 31.0 Å². The molecule has 0 spiro atoms. The lowest BCUT2D eigenvalue weighted by atomic mass is 10.1. The Morgan fingerprint density at radius 3 is 2.42 bits per heavy atom. The normalized spacial score (nSPS) is 10.7. The predicted molar refractivity (Wildman–Crippen MR) is 120 cm³/mol. The van der Waals surface area contributed by atoms with Crippen LogP contribution < -0.4 is 4.74 Å². The Kier molecular flexibility index (Phi) is 9.45. The lowest BCUT2D eigenvalue weighted by Crippen LogP contribution is -2.16. The molecule has 0 amide bonds. The van der Waals surface area contributed by atoms with Crippen molar-refractivity contribution >= 4 is 33.5 Å². The van der Waals surface area contributed by atoms with E-state index >= 15 is 0 Å². The molecule has 0 saturated heterocycles. The van der Waals surface area contributed by atoms with Gasteiger partial charge in [0.25, 0.3) is 0 Å². The van der Waals surface area contributed by atoms with Crippen LogP contribution in [0.3, 0.4) is 0 Å². The third-order valence-corrected chi connectivity index (χ3v) is 5.48. The second-order valence-corrected chi connectivity index (χ2v) is 8.05. The number of nitrogens with zero attached hydrogens (tertiary/aromatic N) is 1. The molecule has 1 aromatic heterocycles. The molecule has 0 bridgehead atoms. The molecule has 0 aliphatic carbocycles. The van der Waals surface area contributed by atoms with E-state index in [1.54, 1.807) is 31.4 Å². The summed E-state index contributed by atoms with van der Waals surface area (Å²) in [6.45, 7) is 4.85. The van der Waals surface area contributed by atoms with E-state index in [1.807, 2.05) is 13.8 Å². The van der Waals surface area contributed by atoms with Crippen LogP contribution in [0.15, 0.2) is 28.7 Å². The van der Waals surface area contributed by atoms with Gasteiger partial charge in [-0.2, -0.15) is 0 Å². The molecule has 1 heterocycles. The number of Topliss-reactive ketones (excluding diaryl/α,β-unsaturated/α-hetero) is 2. The quantitative estimate of drug-likeness (QED) is 0.249. The van der Waals surface area contributed by atoms with Crippen LogP contribution in [0.25, 0.3) is 0 Å². The summed E-state index contributed by atoms with van der Waals surface area (Å²) in [6.07, 6.45) is 0.692. The van der Waals surface area contributed by atoms with Crippen LogP contribution in [-0.4, -0.2) is 49.5 Å². The zero-order valence-corrected chi connectivity index (χ0v) is 19.9. The number of hydrogen-bond donors (Lipinski definition) is 0. The van der Waals surface area contributed by atoms with Gasteiger partial charge in [0.1, 0.15) is 5.75 Å². The number of aryl methyl sites for hydroxylation is 1. The number of benzene rings is 1. The van der Waals surface area contributed by atoms with Gasteiger partial charge in [0.05, 0.1) is 19.1 Å². The first-order valence-corrected chi connectivity index (χ1v) is 10.8. The largest absolute Gasteiger partial charge is 0.496 e. The van der Waals surface area contributed by atoms with Gasteiger partial charge in [0.15, 0.2) is 12.4 Å². The van der Waals surface area contributed by atoms with Crippen LogP contribution in [0.5, 0.6) is 5.75 Å². The highest BCUT2D eigenvalue weighted by Gasteiger charge is 2.19. The number of aromatic nitrogens is 1. The van der Waals surface area contributed by atoms with Crippen molar-refractivity contribution in [3.63, 3.8) is 0 Å². The molecule has 0 saturated carbocycles. The van der Waals surface area contributed by atoms with E-state index in [2.05, 4.69) is 20.5 Å². The molecule has 8 heteroatoms. The standard InChI is InChI=1S/C23H28BrNO6/c1-15-12-18(16(2)25(15)10-5-11-29-3)21(27)14-31-23(28)9-7-20(26)19-13-17(24)6-8-22(19)30-4/h6,8,12-13H,5,7,9-11,14H2,1-4H3. The Hall–Kier alpha value is -2.45. The summed E-state index contributed by atoms with van der Waals surface area (Å²) < 4.78 is 18.2. The summed E-state index contributed by atoms with van der Waals surface area (Å²) in [5.41, 5.74) is 2.74. The average Bonchev–Trinajstić information content (AvgIpc) is 3.04. The fourth-order valence-corrected chi connectivity index (χ4v) is 3.70. The Morgan fingerprint density at radius 2 is 1.74 bits per heavy atom. The molecule has 2 rings (SSSR count). The Labute approximate surface area is 190 Å². The average molecular weight is 494 g/mol. The maximum absolute atomic E-state index is 12.5. The molecule has 0 radical (unpaired) electrons. The third-order valence-electron chi connectivity index (χ3n) is 4.99. The van der Waals surface area contributed by atoms with Gasteiger partial charge in [-0.3, -0.25) is 14.4 Å². The molecule has 1 aromatic carbocycles. The summed E-state index contributed by atoms with van der Waals surface area (Å²) in [7, 11) is 3.13. The van der Waals surface area contributed by atoms with Gasteiger partial charge in [-0.25, -0.2) is 0 Å². The summed E-state index contributed by atoms with van der Waals surface area (Å²) in [5, 5.41) is 0. The maximum atomic E-state index is 12.5. The highest BCUT2D eigenvalue weighted by molar-refractivity contribution is 9.10. The topological polar surface area (TPSA) is 83.8 Å². The first-order valence-electron chi connectivity index (χ1n) is 9.99. The number of carbonyl (C=O) groups excluding carboxylic acids is 3. The van der Waals surface area contributed by atoms with Gasteiger partial charge in [-0.05, 0) is 44.5 Å². The minimum Gasteiger partial charge on any atom is -0.496 e. The van der Waals surface area contributed by atoms with E-state index in [4.69, 9.17) is 14.2 Å². The second kappa shape index (κ2) is 11.8. The fourth-order valence-electron chi connectivity index (χ4n) is 3.34. The monoisotopic (exact) mass is 493 g/mol. The SMILES string of the molecule is COCCCn1c(C)cc(C(=O)COC(=O)CCC(=O)c2cc(Br)ccc2OC)c1C. The van der Waals surface area contributed by atoms with Crippen LogP contribution >= 0.6 is 15.9 Å². The molecule has 7 nitrogen and oxygen atoms in total. The fraction of sp³-hybridized carbons (Fsp3) is 0.435. The second-order valence-electron chi connectivity index (χ2n) is 7.13. The van der Waals surface area contributed by atoms with Crippen LogP contribution in [0.1, 0.15) is 51.4 Å². The molecule has 0 unspecified atom stereocenters. The number of methoxy groups -OCH3 is 2. The van der Waals surface area contributed by atoms with Crippen LogP contribution in [0.2, 0.25) is 0 Å². The van der Waals surface area contributed by atoms with Crippen molar-refractivity contribution in [2.45, 2.75) is 39.7 Å². The van der Waals surface area contributed by atoms with Gasteiger partial charge in [-0.15, -0.1) is 0 Å². The number of ketones is 2. The molecular weight excluding hydrogens is 466 g/mol. The van der Waals surface area contributed by atoms with Crippen molar-refractivity contribution in [2.75, 3.05) is 27.4 Å². The van der Waals surface area contributed by atoms with E-state index in [0.717, 1.165) is 28.8 Å². The first kappa shape index (κ1) is 24.8. The van der Waals surface area contributed by atoms with E-state index in [0.29, 0.717) is 23.5 Å². The molecule has 0 N–H and O–H groups in total. The van der Waals surface area contributed by atoms with Gasteiger partial charge >= 0.3 is 5.97 Å². The summed E-state index contributed by atoms with van der Waals surface area (Å²) in [6, 6.07) is 6.91. The lowest BCUT2D eigenvalue weighted by molar-refractivity contribution is -0.142. The minimum absolute atomic E-state index is 0.0339. The number of rotatable bonds is 12. The van der Waals surface area contributed by atoms with Gasteiger partial charge in [0.2, 0.25) is 5.78 Å². The highest BCUT2D eigenvalue weighted by atomic mass is 79.9. The van der Waals surface area contributed by atoms with E-state index < -0.39 is 5.97 Å². The summed E-state index contributed by atoms with van der Waals surface area (Å²) >= 11 is 3.32. The lowest BCUT2D eigenvalue weighted by Gasteiger charge is -2.10. The molecule has 0 atom stereocenters. The molecular formula is C23H28BrNO6. The Balaban J connectivity index is 1.89. The predicted octanol–water partition coefficient (Wildman–Crippen LogP) is 4.30. The molecule has 0 fully saturated rings. The van der Waals surface area contributed by atoms with Gasteiger partial charge in [-0.1, -0.05) is 15.9 Å². The smallest absolute Gasteiger partial charge is 0.306 e. The van der Waals surface area contributed by atoms with Crippen molar-refractivity contribution in [1.82, 2.24) is 4.57 Å². The summed E-state index contributed by atoms with van der Waals surface area (Å²) in [5.74, 6) is -0.650. The highest BCUT2D eigenvalue weighted by Crippen LogP contribution is 2.24. The number of halogens is 1. The van der Waals surface area contributed by atoms with Gasteiger partial charge in [0, 0.05) is 48.1 Å². The van der Waals surface area contributed by atoms with Crippen LogP contribution in [-0.2, 0) is 20.8 Å². The van der Waals surface area contributed by atoms with Crippen LogP contribution in [0, 0.1) is 13.8 Å². The van der Waals surface area contributed by atoms with Crippen molar-refractivity contribution in [3.05, 3.63) is 51.3 Å². The Morgan fingerprint density at radius 1 is 1.00 bits per heavy atom. The van der Waals surface area contributed by atoms with E-state index in [1.165, 1.54) is 7.11 Å². The van der Waals surface area contributed by atoms with E-state index in [9.17, 15) is 14.4 Å². The number of esters is 1. The van der Waals surface area contributed by atoms with Crippen molar-refractivity contribution in [1.29, 1.82) is 0 Å². The van der Waals surface area contributed by atoms with Gasteiger partial charge < -0.3 is 18.8 Å². The third kappa shape index (κ3) is 6.77. The van der Waals surface area contributed by atoms with Crippen molar-refractivity contribution < 1.29 is 28.6 Å².